The van der Waals surface area contributed by atoms with Crippen molar-refractivity contribution in [3.05, 3.63) is 102 Å². The average molecular weight is 384 g/mol. The van der Waals surface area contributed by atoms with Crippen LogP contribution in [0.5, 0.6) is 0 Å². The molecule has 2 heterocycles. The standard InChI is InChI=1S/C23H20N4O2/c28-22(24-14-13-20-16-27-15-5-4-8-21(27)25-20)18-9-11-19(12-10-18)26-23(29)17-6-2-1-3-7-17/h1-12,15-16H,13-14H2,(H,24,28)(H,26,29). The third-order valence-electron chi connectivity index (χ3n) is 4.52. The number of pyridine rings is 1. The van der Waals surface area contributed by atoms with Crippen molar-refractivity contribution in [2.24, 2.45) is 0 Å². The van der Waals surface area contributed by atoms with E-state index >= 15 is 0 Å². The number of nitrogens with zero attached hydrogens (tertiary/aromatic N) is 2. The zero-order valence-electron chi connectivity index (χ0n) is 15.7. The maximum atomic E-state index is 12.3. The van der Waals surface area contributed by atoms with Gasteiger partial charge in [0.25, 0.3) is 11.8 Å². The van der Waals surface area contributed by atoms with Crippen LogP contribution in [0.15, 0.2) is 85.2 Å². The lowest BCUT2D eigenvalue weighted by Gasteiger charge is -2.07. The second-order valence-electron chi connectivity index (χ2n) is 6.60. The van der Waals surface area contributed by atoms with Gasteiger partial charge >= 0.3 is 0 Å². The molecule has 0 bridgehead atoms. The predicted molar refractivity (Wildman–Crippen MR) is 112 cm³/mol. The number of imidazole rings is 1. The van der Waals surface area contributed by atoms with Crippen LogP contribution in [0.25, 0.3) is 5.65 Å². The quantitative estimate of drug-likeness (QED) is 0.534. The molecule has 0 aliphatic heterocycles. The minimum absolute atomic E-state index is 0.158. The normalized spacial score (nSPS) is 10.6. The molecule has 6 heteroatoms. The lowest BCUT2D eigenvalue weighted by atomic mass is 10.1. The molecular weight excluding hydrogens is 364 g/mol. The Hall–Kier alpha value is -3.93. The molecule has 29 heavy (non-hydrogen) atoms. The van der Waals surface area contributed by atoms with E-state index in [4.69, 9.17) is 0 Å². The zero-order chi connectivity index (χ0) is 20.1. The fraction of sp³-hybridized carbons (Fsp3) is 0.0870. The van der Waals surface area contributed by atoms with E-state index in [1.165, 1.54) is 0 Å². The lowest BCUT2D eigenvalue weighted by Crippen LogP contribution is -2.25. The molecule has 0 saturated heterocycles. The topological polar surface area (TPSA) is 75.5 Å². The van der Waals surface area contributed by atoms with Crippen molar-refractivity contribution in [3.63, 3.8) is 0 Å². The molecule has 0 atom stereocenters. The van der Waals surface area contributed by atoms with Crippen molar-refractivity contribution in [2.75, 3.05) is 11.9 Å². The van der Waals surface area contributed by atoms with E-state index in [0.717, 1.165) is 11.3 Å². The number of hydrogen-bond acceptors (Lipinski definition) is 3. The number of anilines is 1. The zero-order valence-corrected chi connectivity index (χ0v) is 15.7. The SMILES string of the molecule is O=C(NCCc1cn2ccccc2n1)c1ccc(NC(=O)c2ccccc2)cc1. The highest BCUT2D eigenvalue weighted by Gasteiger charge is 2.08. The highest BCUT2D eigenvalue weighted by atomic mass is 16.2. The maximum absolute atomic E-state index is 12.3. The van der Waals surface area contributed by atoms with Crippen LogP contribution in [0, 0.1) is 0 Å². The minimum Gasteiger partial charge on any atom is -0.352 e. The van der Waals surface area contributed by atoms with Crippen molar-refractivity contribution in [1.82, 2.24) is 14.7 Å². The molecule has 6 nitrogen and oxygen atoms in total. The van der Waals surface area contributed by atoms with Crippen LogP contribution >= 0.6 is 0 Å². The summed E-state index contributed by atoms with van der Waals surface area (Å²) in [5.41, 5.74) is 3.58. The molecule has 2 N–H and O–H groups in total. The van der Waals surface area contributed by atoms with E-state index in [1.807, 2.05) is 53.2 Å². The second-order valence-corrected chi connectivity index (χ2v) is 6.60. The van der Waals surface area contributed by atoms with E-state index in [-0.39, 0.29) is 11.8 Å². The summed E-state index contributed by atoms with van der Waals surface area (Å²) in [6.07, 6.45) is 4.56. The number of carbonyl (C=O) groups is 2. The number of rotatable bonds is 6. The summed E-state index contributed by atoms with van der Waals surface area (Å²) in [5.74, 6) is -0.343. The summed E-state index contributed by atoms with van der Waals surface area (Å²) in [7, 11) is 0. The molecular formula is C23H20N4O2. The van der Waals surface area contributed by atoms with Gasteiger partial charge in [-0.05, 0) is 48.5 Å². The molecule has 0 fully saturated rings. The summed E-state index contributed by atoms with van der Waals surface area (Å²) >= 11 is 0. The Bertz CT molecular complexity index is 1100. The van der Waals surface area contributed by atoms with Gasteiger partial charge in [0, 0.05) is 42.2 Å². The Morgan fingerprint density at radius 1 is 0.828 bits per heavy atom. The smallest absolute Gasteiger partial charge is 0.255 e. The summed E-state index contributed by atoms with van der Waals surface area (Å²) in [5, 5.41) is 5.72. The van der Waals surface area contributed by atoms with Gasteiger partial charge < -0.3 is 15.0 Å². The van der Waals surface area contributed by atoms with Gasteiger partial charge in [0.05, 0.1) is 5.69 Å². The third-order valence-corrected chi connectivity index (χ3v) is 4.52. The molecule has 0 radical (unpaired) electrons. The van der Waals surface area contributed by atoms with Gasteiger partial charge in [-0.15, -0.1) is 0 Å². The van der Waals surface area contributed by atoms with Crippen molar-refractivity contribution < 1.29 is 9.59 Å². The van der Waals surface area contributed by atoms with E-state index in [9.17, 15) is 9.59 Å². The minimum atomic E-state index is -0.185. The number of fused-ring (bicyclic) bond motifs is 1. The van der Waals surface area contributed by atoms with Crippen molar-refractivity contribution in [1.29, 1.82) is 0 Å². The highest BCUT2D eigenvalue weighted by molar-refractivity contribution is 6.04. The number of benzene rings is 2. The van der Waals surface area contributed by atoms with E-state index in [1.54, 1.807) is 36.4 Å². The summed E-state index contributed by atoms with van der Waals surface area (Å²) < 4.78 is 1.96. The first kappa shape index (κ1) is 18.4. The average Bonchev–Trinajstić information content (AvgIpc) is 3.17. The monoisotopic (exact) mass is 384 g/mol. The third kappa shape index (κ3) is 4.50. The summed E-state index contributed by atoms with van der Waals surface area (Å²) in [6, 6.07) is 21.7. The number of amides is 2. The maximum Gasteiger partial charge on any atom is 0.255 e. The Kier molecular flexibility index (Phi) is 5.33. The van der Waals surface area contributed by atoms with Crippen LogP contribution in [0.4, 0.5) is 5.69 Å². The number of nitrogens with one attached hydrogen (secondary N) is 2. The van der Waals surface area contributed by atoms with Crippen molar-refractivity contribution in [3.8, 4) is 0 Å². The molecule has 2 aromatic carbocycles. The van der Waals surface area contributed by atoms with Gasteiger partial charge in [0.2, 0.25) is 0 Å². The number of hydrogen-bond donors (Lipinski definition) is 2. The Morgan fingerprint density at radius 2 is 1.55 bits per heavy atom. The van der Waals surface area contributed by atoms with E-state index in [2.05, 4.69) is 15.6 Å². The molecule has 0 spiro atoms. The number of aromatic nitrogens is 2. The molecule has 0 aliphatic rings. The summed E-state index contributed by atoms with van der Waals surface area (Å²) in [4.78, 5) is 29.0. The van der Waals surface area contributed by atoms with Crippen LogP contribution in [-0.2, 0) is 6.42 Å². The van der Waals surface area contributed by atoms with E-state index < -0.39 is 0 Å². The Labute approximate surface area is 168 Å². The molecule has 0 unspecified atom stereocenters. The highest BCUT2D eigenvalue weighted by Crippen LogP contribution is 2.12. The molecule has 4 aromatic rings. The van der Waals surface area contributed by atoms with Gasteiger partial charge in [-0.25, -0.2) is 4.98 Å². The van der Waals surface area contributed by atoms with Crippen LogP contribution < -0.4 is 10.6 Å². The Balaban J connectivity index is 1.30. The van der Waals surface area contributed by atoms with E-state index in [0.29, 0.717) is 29.8 Å². The van der Waals surface area contributed by atoms with Gasteiger partial charge in [0.15, 0.2) is 0 Å². The lowest BCUT2D eigenvalue weighted by molar-refractivity contribution is 0.0953. The first-order valence-electron chi connectivity index (χ1n) is 9.36. The number of carbonyl (C=O) groups excluding carboxylic acids is 2. The fourth-order valence-corrected chi connectivity index (χ4v) is 3.01. The summed E-state index contributed by atoms with van der Waals surface area (Å²) in [6.45, 7) is 0.495. The molecule has 0 aliphatic carbocycles. The van der Waals surface area contributed by atoms with Crippen LogP contribution in [0.2, 0.25) is 0 Å². The van der Waals surface area contributed by atoms with Gasteiger partial charge in [0.1, 0.15) is 5.65 Å². The Morgan fingerprint density at radius 3 is 2.31 bits per heavy atom. The van der Waals surface area contributed by atoms with Crippen LogP contribution in [-0.4, -0.2) is 27.7 Å². The van der Waals surface area contributed by atoms with Crippen LogP contribution in [0.1, 0.15) is 26.4 Å². The first-order chi connectivity index (χ1) is 14.2. The van der Waals surface area contributed by atoms with Crippen molar-refractivity contribution in [2.45, 2.75) is 6.42 Å². The second kappa shape index (κ2) is 8.39. The first-order valence-corrected chi connectivity index (χ1v) is 9.36. The molecule has 2 aromatic heterocycles. The van der Waals surface area contributed by atoms with Gasteiger partial charge in [-0.1, -0.05) is 24.3 Å². The molecule has 2 amide bonds. The molecule has 144 valence electrons. The van der Waals surface area contributed by atoms with Crippen LogP contribution in [0.3, 0.4) is 0 Å². The predicted octanol–water partition coefficient (Wildman–Crippen LogP) is 3.56. The van der Waals surface area contributed by atoms with Gasteiger partial charge in [-0.3, -0.25) is 9.59 Å². The van der Waals surface area contributed by atoms with Gasteiger partial charge in [-0.2, -0.15) is 0 Å². The molecule has 0 saturated carbocycles. The largest absolute Gasteiger partial charge is 0.352 e. The molecule has 4 rings (SSSR count). The van der Waals surface area contributed by atoms with Crippen molar-refractivity contribution >= 4 is 23.1 Å². The fourth-order valence-electron chi connectivity index (χ4n) is 3.01.